The lowest BCUT2D eigenvalue weighted by atomic mass is 9.80. The van der Waals surface area contributed by atoms with Crippen molar-refractivity contribution in [1.29, 1.82) is 0 Å². The van der Waals surface area contributed by atoms with Crippen molar-refractivity contribution in [2.45, 2.75) is 19.4 Å². The van der Waals surface area contributed by atoms with Crippen molar-refractivity contribution in [3.05, 3.63) is 40.8 Å². The zero-order chi connectivity index (χ0) is 16.2. The molecule has 5 nitrogen and oxygen atoms in total. The minimum absolute atomic E-state index is 0.184. The van der Waals surface area contributed by atoms with Crippen LogP contribution in [0.4, 0.5) is 5.95 Å². The second-order valence-corrected chi connectivity index (χ2v) is 7.75. The lowest BCUT2D eigenvalue weighted by Gasteiger charge is -2.43. The molecule has 2 aliphatic rings. The van der Waals surface area contributed by atoms with Crippen molar-refractivity contribution < 1.29 is 4.74 Å². The molecule has 0 unspecified atom stereocenters. The van der Waals surface area contributed by atoms with Crippen LogP contribution in [-0.4, -0.2) is 54.3 Å². The van der Waals surface area contributed by atoms with Gasteiger partial charge in [0, 0.05) is 44.0 Å². The summed E-state index contributed by atoms with van der Waals surface area (Å²) < 4.78 is 6.00. The second kappa shape index (κ2) is 7.17. The highest BCUT2D eigenvalue weighted by Crippen LogP contribution is 2.34. The van der Waals surface area contributed by atoms with Gasteiger partial charge in [-0.15, -0.1) is 0 Å². The molecule has 2 aromatic heterocycles. The summed E-state index contributed by atoms with van der Waals surface area (Å²) in [5.74, 6) is 0.831. The predicted molar refractivity (Wildman–Crippen MR) is 96.3 cm³/mol. The van der Waals surface area contributed by atoms with E-state index in [9.17, 15) is 0 Å². The first-order chi connectivity index (χ1) is 11.8. The van der Waals surface area contributed by atoms with Crippen LogP contribution in [0.3, 0.4) is 0 Å². The highest BCUT2D eigenvalue weighted by Gasteiger charge is 2.39. The fourth-order valence-corrected chi connectivity index (χ4v) is 4.61. The first-order valence-electron chi connectivity index (χ1n) is 8.66. The monoisotopic (exact) mass is 344 g/mol. The van der Waals surface area contributed by atoms with E-state index in [1.165, 1.54) is 24.9 Å². The number of aromatic nitrogens is 2. The molecule has 0 saturated carbocycles. The largest absolute Gasteiger partial charge is 0.379 e. The molecular formula is C18H24N4OS. The third-order valence-corrected chi connectivity index (χ3v) is 5.73. The topological polar surface area (TPSA) is 41.5 Å². The van der Waals surface area contributed by atoms with E-state index in [4.69, 9.17) is 4.74 Å². The quantitative estimate of drug-likeness (QED) is 0.856. The Kier molecular flexibility index (Phi) is 4.78. The van der Waals surface area contributed by atoms with Crippen LogP contribution in [0.25, 0.3) is 0 Å². The summed E-state index contributed by atoms with van der Waals surface area (Å²) in [7, 11) is 0. The van der Waals surface area contributed by atoms with Gasteiger partial charge >= 0.3 is 0 Å². The maximum absolute atomic E-state index is 6.00. The van der Waals surface area contributed by atoms with Gasteiger partial charge in [-0.1, -0.05) is 0 Å². The minimum atomic E-state index is 0.184. The lowest BCUT2D eigenvalue weighted by Crippen LogP contribution is -2.50. The third-order valence-electron chi connectivity index (χ3n) is 5.00. The number of likely N-dealkylation sites (tertiary alicyclic amines) is 1. The molecule has 0 amide bonds. The Labute approximate surface area is 147 Å². The molecule has 2 aliphatic heterocycles. The molecule has 24 heavy (non-hydrogen) atoms. The van der Waals surface area contributed by atoms with E-state index in [0.29, 0.717) is 0 Å². The first kappa shape index (κ1) is 16.0. The van der Waals surface area contributed by atoms with Crippen molar-refractivity contribution in [3.8, 4) is 0 Å². The van der Waals surface area contributed by atoms with Crippen molar-refractivity contribution in [2.24, 2.45) is 5.41 Å². The van der Waals surface area contributed by atoms with Crippen LogP contribution in [0.5, 0.6) is 0 Å². The molecule has 0 N–H and O–H groups in total. The second-order valence-electron chi connectivity index (χ2n) is 6.97. The molecule has 1 spiro atoms. The van der Waals surface area contributed by atoms with E-state index in [1.54, 1.807) is 11.3 Å². The molecule has 2 fully saturated rings. The Bertz CT molecular complexity index is 636. The number of rotatable bonds is 3. The van der Waals surface area contributed by atoms with Crippen molar-refractivity contribution in [1.82, 2.24) is 14.9 Å². The number of ether oxygens (including phenoxy) is 1. The van der Waals surface area contributed by atoms with Gasteiger partial charge in [0.05, 0.1) is 13.2 Å². The van der Waals surface area contributed by atoms with Crippen LogP contribution < -0.4 is 4.90 Å². The number of nitrogens with zero attached hydrogens (tertiary/aromatic N) is 4. The van der Waals surface area contributed by atoms with Gasteiger partial charge in [0.25, 0.3) is 0 Å². The fraction of sp³-hybridized carbons (Fsp3) is 0.556. The zero-order valence-electron chi connectivity index (χ0n) is 13.9. The Morgan fingerprint density at radius 3 is 2.96 bits per heavy atom. The fourth-order valence-electron chi connectivity index (χ4n) is 3.95. The molecule has 2 saturated heterocycles. The summed E-state index contributed by atoms with van der Waals surface area (Å²) in [5.41, 5.74) is 1.61. The predicted octanol–water partition coefficient (Wildman–Crippen LogP) is 2.66. The van der Waals surface area contributed by atoms with E-state index >= 15 is 0 Å². The van der Waals surface area contributed by atoms with E-state index in [0.717, 1.165) is 45.3 Å². The van der Waals surface area contributed by atoms with Crippen LogP contribution in [-0.2, 0) is 11.3 Å². The van der Waals surface area contributed by atoms with Gasteiger partial charge in [-0.05, 0) is 47.8 Å². The lowest BCUT2D eigenvalue weighted by molar-refractivity contribution is 0.0106. The van der Waals surface area contributed by atoms with Crippen LogP contribution >= 0.6 is 11.3 Å². The van der Waals surface area contributed by atoms with Gasteiger partial charge in [-0.2, -0.15) is 11.3 Å². The van der Waals surface area contributed by atoms with Crippen molar-refractivity contribution in [3.63, 3.8) is 0 Å². The number of anilines is 1. The maximum Gasteiger partial charge on any atom is 0.225 e. The smallest absolute Gasteiger partial charge is 0.225 e. The molecule has 128 valence electrons. The molecule has 6 heteroatoms. The summed E-state index contributed by atoms with van der Waals surface area (Å²) in [6.07, 6.45) is 6.10. The van der Waals surface area contributed by atoms with Crippen LogP contribution in [0.2, 0.25) is 0 Å². The highest BCUT2D eigenvalue weighted by atomic mass is 32.1. The van der Waals surface area contributed by atoms with Gasteiger partial charge in [-0.3, -0.25) is 4.90 Å². The summed E-state index contributed by atoms with van der Waals surface area (Å²) in [6.45, 7) is 6.77. The van der Waals surface area contributed by atoms with Crippen LogP contribution in [0.1, 0.15) is 18.4 Å². The Hall–Kier alpha value is -1.50. The molecule has 4 rings (SSSR count). The van der Waals surface area contributed by atoms with Gasteiger partial charge in [0.2, 0.25) is 5.95 Å². The van der Waals surface area contributed by atoms with Gasteiger partial charge in [-0.25, -0.2) is 9.97 Å². The van der Waals surface area contributed by atoms with Gasteiger partial charge < -0.3 is 9.64 Å². The van der Waals surface area contributed by atoms with Crippen LogP contribution in [0.15, 0.2) is 35.3 Å². The molecule has 0 radical (unpaired) electrons. The Morgan fingerprint density at radius 1 is 1.21 bits per heavy atom. The van der Waals surface area contributed by atoms with Crippen LogP contribution in [0, 0.1) is 5.41 Å². The molecule has 4 heterocycles. The number of thiophene rings is 1. The zero-order valence-corrected chi connectivity index (χ0v) is 14.7. The summed E-state index contributed by atoms with van der Waals surface area (Å²) in [5, 5.41) is 4.42. The average molecular weight is 344 g/mol. The van der Waals surface area contributed by atoms with Crippen molar-refractivity contribution in [2.75, 3.05) is 44.3 Å². The molecule has 2 aromatic rings. The number of hydrogen-bond acceptors (Lipinski definition) is 6. The summed E-state index contributed by atoms with van der Waals surface area (Å²) >= 11 is 1.78. The summed E-state index contributed by atoms with van der Waals surface area (Å²) in [6, 6.07) is 4.11. The molecular weight excluding hydrogens is 320 g/mol. The average Bonchev–Trinajstić information content (AvgIpc) is 3.03. The molecule has 0 aromatic carbocycles. The van der Waals surface area contributed by atoms with E-state index in [-0.39, 0.29) is 5.41 Å². The standard InChI is InChI=1S/C18H24N4OS/c1-4-18(13-21(7-1)11-16-3-10-24-12-16)14-22(8-9-23-15-18)17-19-5-2-6-20-17/h2-3,5-6,10,12H,1,4,7-9,11,13-15H2/t18-/m0/s1. The highest BCUT2D eigenvalue weighted by molar-refractivity contribution is 7.07. The molecule has 0 aliphatic carbocycles. The minimum Gasteiger partial charge on any atom is -0.379 e. The first-order valence-corrected chi connectivity index (χ1v) is 9.61. The van der Waals surface area contributed by atoms with E-state index in [2.05, 4.69) is 36.6 Å². The maximum atomic E-state index is 6.00. The van der Waals surface area contributed by atoms with Crippen molar-refractivity contribution >= 4 is 17.3 Å². The summed E-state index contributed by atoms with van der Waals surface area (Å²) in [4.78, 5) is 13.8. The Morgan fingerprint density at radius 2 is 2.12 bits per heavy atom. The third kappa shape index (κ3) is 3.61. The molecule has 0 bridgehead atoms. The normalized spacial score (nSPS) is 25.8. The molecule has 1 atom stereocenters. The van der Waals surface area contributed by atoms with Gasteiger partial charge in [0.1, 0.15) is 0 Å². The van der Waals surface area contributed by atoms with E-state index < -0.39 is 0 Å². The SMILES string of the molecule is c1cnc(N2CCOC[C@]3(CCCN(Cc4ccsc4)C3)C2)nc1. The van der Waals surface area contributed by atoms with Gasteiger partial charge in [0.15, 0.2) is 0 Å². The number of piperidine rings is 1. The Balaban J connectivity index is 1.49. The number of hydrogen-bond donors (Lipinski definition) is 0. The van der Waals surface area contributed by atoms with E-state index in [1.807, 2.05) is 18.5 Å².